The van der Waals surface area contributed by atoms with E-state index >= 15 is 0 Å². The van der Waals surface area contributed by atoms with Gasteiger partial charge in [0, 0.05) is 22.8 Å². The number of benzene rings is 2. The van der Waals surface area contributed by atoms with Crippen LogP contribution in [-0.2, 0) is 21.9 Å². The van der Waals surface area contributed by atoms with Crippen molar-refractivity contribution < 1.29 is 9.59 Å². The lowest BCUT2D eigenvalue weighted by molar-refractivity contribution is -0.138. The van der Waals surface area contributed by atoms with E-state index in [1.54, 1.807) is 17.9 Å². The Balaban J connectivity index is 2.08. The maximum Gasteiger partial charge on any atom is 0.242 e. The van der Waals surface area contributed by atoms with Crippen LogP contribution in [0, 0.1) is 0 Å². The molecule has 31 heavy (non-hydrogen) atoms. The maximum atomic E-state index is 13.1. The SMILES string of the molecule is CC[C@H](C)NC(=O)[C@@H](C)N(Cc1cccc(Br)c1)C(=O)CSCc1ccc(Cl)c(Cl)c1. The van der Waals surface area contributed by atoms with E-state index in [2.05, 4.69) is 21.2 Å². The summed E-state index contributed by atoms with van der Waals surface area (Å²) in [5.74, 6) is 0.653. The van der Waals surface area contributed by atoms with Gasteiger partial charge in [0.25, 0.3) is 0 Å². The average molecular weight is 546 g/mol. The minimum Gasteiger partial charge on any atom is -0.352 e. The van der Waals surface area contributed by atoms with Gasteiger partial charge in [0.2, 0.25) is 11.8 Å². The number of hydrogen-bond donors (Lipinski definition) is 1. The minimum atomic E-state index is -0.578. The van der Waals surface area contributed by atoms with Crippen LogP contribution in [0.1, 0.15) is 38.3 Å². The van der Waals surface area contributed by atoms with Gasteiger partial charge < -0.3 is 10.2 Å². The molecule has 2 atom stereocenters. The lowest BCUT2D eigenvalue weighted by Crippen LogP contribution is -2.50. The molecule has 0 saturated heterocycles. The maximum absolute atomic E-state index is 13.1. The fourth-order valence-corrected chi connectivity index (χ4v) is 4.47. The van der Waals surface area contributed by atoms with Crippen molar-refractivity contribution in [3.05, 3.63) is 68.1 Å². The van der Waals surface area contributed by atoms with Crippen molar-refractivity contribution >= 4 is 62.7 Å². The molecule has 2 aromatic carbocycles. The molecule has 0 saturated carbocycles. The first kappa shape index (κ1) is 26.0. The minimum absolute atomic E-state index is 0.0572. The lowest BCUT2D eigenvalue weighted by Gasteiger charge is -2.29. The van der Waals surface area contributed by atoms with Crippen molar-refractivity contribution in [1.29, 1.82) is 0 Å². The van der Waals surface area contributed by atoms with E-state index in [0.29, 0.717) is 22.3 Å². The third-order valence-electron chi connectivity index (χ3n) is 4.89. The van der Waals surface area contributed by atoms with Crippen molar-refractivity contribution in [3.8, 4) is 0 Å². The largest absolute Gasteiger partial charge is 0.352 e. The molecular weight excluding hydrogens is 519 g/mol. The molecule has 0 heterocycles. The molecular formula is C23H27BrCl2N2O2S. The number of rotatable bonds is 10. The molecule has 2 aromatic rings. The van der Waals surface area contributed by atoms with Gasteiger partial charge >= 0.3 is 0 Å². The first-order valence-electron chi connectivity index (χ1n) is 10.1. The number of hydrogen-bond acceptors (Lipinski definition) is 3. The number of carbonyl (C=O) groups is 2. The Bertz CT molecular complexity index is 913. The molecule has 2 amide bonds. The van der Waals surface area contributed by atoms with Crippen LogP contribution in [0.2, 0.25) is 10.0 Å². The van der Waals surface area contributed by atoms with Crippen LogP contribution in [-0.4, -0.2) is 34.6 Å². The number of amides is 2. The van der Waals surface area contributed by atoms with Crippen LogP contribution >= 0.6 is 50.9 Å². The summed E-state index contributed by atoms with van der Waals surface area (Å²) >= 11 is 17.0. The van der Waals surface area contributed by atoms with Gasteiger partial charge in [-0.2, -0.15) is 0 Å². The van der Waals surface area contributed by atoms with Crippen molar-refractivity contribution in [2.45, 2.75) is 51.6 Å². The summed E-state index contributed by atoms with van der Waals surface area (Å²) in [6.45, 7) is 6.11. The highest BCUT2D eigenvalue weighted by molar-refractivity contribution is 9.10. The molecule has 0 aliphatic heterocycles. The molecule has 0 aliphatic rings. The molecule has 168 valence electrons. The molecule has 0 unspecified atom stereocenters. The smallest absolute Gasteiger partial charge is 0.242 e. The summed E-state index contributed by atoms with van der Waals surface area (Å²) in [7, 11) is 0. The van der Waals surface area contributed by atoms with Gasteiger partial charge in [0.05, 0.1) is 15.8 Å². The van der Waals surface area contributed by atoms with Crippen LogP contribution in [0.4, 0.5) is 0 Å². The van der Waals surface area contributed by atoms with Gasteiger partial charge in [0.15, 0.2) is 0 Å². The second kappa shape index (κ2) is 12.7. The molecule has 0 radical (unpaired) electrons. The van der Waals surface area contributed by atoms with Gasteiger partial charge in [-0.25, -0.2) is 0 Å². The Morgan fingerprint density at radius 3 is 2.48 bits per heavy atom. The Labute approximate surface area is 207 Å². The second-order valence-corrected chi connectivity index (χ2v) is 10.1. The Hall–Kier alpha value is -1.21. The first-order valence-corrected chi connectivity index (χ1v) is 12.8. The van der Waals surface area contributed by atoms with E-state index in [9.17, 15) is 9.59 Å². The Morgan fingerprint density at radius 2 is 1.84 bits per heavy atom. The molecule has 0 fully saturated rings. The van der Waals surface area contributed by atoms with Crippen molar-refractivity contribution in [2.24, 2.45) is 0 Å². The number of thioether (sulfide) groups is 1. The lowest BCUT2D eigenvalue weighted by atomic mass is 10.1. The summed E-state index contributed by atoms with van der Waals surface area (Å²) in [6, 6.07) is 12.7. The molecule has 0 spiro atoms. The molecule has 1 N–H and O–H groups in total. The van der Waals surface area contributed by atoms with Crippen LogP contribution in [0.25, 0.3) is 0 Å². The van der Waals surface area contributed by atoms with E-state index in [0.717, 1.165) is 22.0 Å². The predicted octanol–water partition coefficient (Wildman–Crippen LogP) is 6.32. The summed E-state index contributed by atoms with van der Waals surface area (Å²) < 4.78 is 0.933. The molecule has 4 nitrogen and oxygen atoms in total. The van der Waals surface area contributed by atoms with E-state index in [-0.39, 0.29) is 23.6 Å². The summed E-state index contributed by atoms with van der Waals surface area (Å²) in [5.41, 5.74) is 1.95. The zero-order chi connectivity index (χ0) is 23.0. The van der Waals surface area contributed by atoms with Crippen LogP contribution in [0.5, 0.6) is 0 Å². The van der Waals surface area contributed by atoms with E-state index in [1.165, 1.54) is 11.8 Å². The van der Waals surface area contributed by atoms with Crippen molar-refractivity contribution in [2.75, 3.05) is 5.75 Å². The molecule has 2 rings (SSSR count). The molecule has 8 heteroatoms. The van der Waals surface area contributed by atoms with E-state index in [1.807, 2.05) is 50.2 Å². The summed E-state index contributed by atoms with van der Waals surface area (Å²) in [5, 5.41) is 3.98. The van der Waals surface area contributed by atoms with Crippen molar-refractivity contribution in [1.82, 2.24) is 10.2 Å². The normalized spacial score (nSPS) is 12.8. The van der Waals surface area contributed by atoms with Crippen LogP contribution in [0.3, 0.4) is 0 Å². The standard InChI is InChI=1S/C23H27BrCl2N2O2S/c1-4-15(2)27-23(30)16(3)28(12-17-6-5-7-19(24)10-17)22(29)14-31-13-18-8-9-20(25)21(26)11-18/h5-11,15-16H,4,12-14H2,1-3H3,(H,27,30)/t15-,16+/m0/s1. The number of carbonyl (C=O) groups excluding carboxylic acids is 2. The van der Waals surface area contributed by atoms with Gasteiger partial charge in [-0.1, -0.05) is 64.3 Å². The predicted molar refractivity (Wildman–Crippen MR) is 135 cm³/mol. The van der Waals surface area contributed by atoms with Crippen molar-refractivity contribution in [3.63, 3.8) is 0 Å². The fourth-order valence-electron chi connectivity index (χ4n) is 2.85. The molecule has 0 aliphatic carbocycles. The van der Waals surface area contributed by atoms with Gasteiger partial charge in [-0.3, -0.25) is 9.59 Å². The summed E-state index contributed by atoms with van der Waals surface area (Å²) in [4.78, 5) is 27.5. The first-order chi connectivity index (χ1) is 14.7. The molecule has 0 bridgehead atoms. The average Bonchev–Trinajstić information content (AvgIpc) is 2.73. The Morgan fingerprint density at radius 1 is 1.10 bits per heavy atom. The molecule has 0 aromatic heterocycles. The fraction of sp³-hybridized carbons (Fsp3) is 0.391. The quantitative estimate of drug-likeness (QED) is 0.380. The highest BCUT2D eigenvalue weighted by atomic mass is 79.9. The number of nitrogens with one attached hydrogen (secondary N) is 1. The number of nitrogens with zero attached hydrogens (tertiary/aromatic N) is 1. The third-order valence-corrected chi connectivity index (χ3v) is 7.11. The third kappa shape index (κ3) is 8.33. The van der Waals surface area contributed by atoms with Crippen LogP contribution < -0.4 is 5.32 Å². The van der Waals surface area contributed by atoms with E-state index in [4.69, 9.17) is 23.2 Å². The van der Waals surface area contributed by atoms with Gasteiger partial charge in [-0.05, 0) is 55.7 Å². The monoisotopic (exact) mass is 544 g/mol. The number of halogens is 3. The highest BCUT2D eigenvalue weighted by Gasteiger charge is 2.26. The summed E-state index contributed by atoms with van der Waals surface area (Å²) in [6.07, 6.45) is 0.831. The Kier molecular flexibility index (Phi) is 10.7. The van der Waals surface area contributed by atoms with Gasteiger partial charge in [-0.15, -0.1) is 11.8 Å². The second-order valence-electron chi connectivity index (χ2n) is 7.39. The zero-order valence-corrected chi connectivity index (χ0v) is 21.7. The zero-order valence-electron chi connectivity index (χ0n) is 17.8. The van der Waals surface area contributed by atoms with Gasteiger partial charge in [0.1, 0.15) is 6.04 Å². The highest BCUT2D eigenvalue weighted by Crippen LogP contribution is 2.25. The van der Waals surface area contributed by atoms with Crippen LogP contribution in [0.15, 0.2) is 46.9 Å². The topological polar surface area (TPSA) is 49.4 Å². The van der Waals surface area contributed by atoms with E-state index < -0.39 is 6.04 Å².